The molecule has 4 rings (SSSR count). The lowest BCUT2D eigenvalue weighted by Gasteiger charge is -2.31. The van der Waals surface area contributed by atoms with Crippen LogP contribution in [0.5, 0.6) is 5.75 Å². The van der Waals surface area contributed by atoms with E-state index in [1.54, 1.807) is 12.1 Å². The SMILES string of the molecule is CCC(N=C(N)N)[C@@H]1N[C@H](CNC(=O)COc2ccccc2)CCN(CC(c2ccccc2)c2ccccc2)C1=O. The van der Waals surface area contributed by atoms with Crippen LogP contribution in [0.3, 0.4) is 0 Å². The van der Waals surface area contributed by atoms with Gasteiger partial charge in [0.05, 0.1) is 6.04 Å². The Bertz CT molecular complexity index is 1230. The van der Waals surface area contributed by atoms with E-state index in [1.165, 1.54) is 0 Å². The first-order valence-corrected chi connectivity index (χ1v) is 14.1. The van der Waals surface area contributed by atoms with Crippen LogP contribution in [-0.4, -0.2) is 67.0 Å². The molecule has 3 aromatic rings. The van der Waals surface area contributed by atoms with Crippen molar-refractivity contribution in [1.29, 1.82) is 0 Å². The molecule has 216 valence electrons. The van der Waals surface area contributed by atoms with Gasteiger partial charge in [-0.2, -0.15) is 0 Å². The molecule has 9 heteroatoms. The van der Waals surface area contributed by atoms with Crippen molar-refractivity contribution >= 4 is 17.8 Å². The van der Waals surface area contributed by atoms with Gasteiger partial charge in [0.15, 0.2) is 12.6 Å². The van der Waals surface area contributed by atoms with E-state index in [2.05, 4.69) is 39.9 Å². The molecule has 41 heavy (non-hydrogen) atoms. The third kappa shape index (κ3) is 8.56. The van der Waals surface area contributed by atoms with Gasteiger partial charge in [-0.15, -0.1) is 0 Å². The number of nitrogens with zero attached hydrogens (tertiary/aromatic N) is 2. The minimum atomic E-state index is -0.640. The van der Waals surface area contributed by atoms with Crippen LogP contribution in [0.2, 0.25) is 0 Å². The molecule has 3 atom stereocenters. The quantitative estimate of drug-likeness (QED) is 0.200. The van der Waals surface area contributed by atoms with Gasteiger partial charge in [-0.25, -0.2) is 4.99 Å². The minimum Gasteiger partial charge on any atom is -0.484 e. The highest BCUT2D eigenvalue weighted by Crippen LogP contribution is 2.27. The van der Waals surface area contributed by atoms with Crippen molar-refractivity contribution in [3.8, 4) is 5.75 Å². The van der Waals surface area contributed by atoms with E-state index in [0.29, 0.717) is 38.2 Å². The maximum atomic E-state index is 14.1. The Morgan fingerprint density at radius 1 is 1.00 bits per heavy atom. The molecule has 1 unspecified atom stereocenters. The Kier molecular flexibility index (Phi) is 10.7. The van der Waals surface area contributed by atoms with Crippen LogP contribution in [0.15, 0.2) is 96.0 Å². The maximum absolute atomic E-state index is 14.1. The number of aliphatic imine (C=N–C) groups is 1. The number of rotatable bonds is 12. The lowest BCUT2D eigenvalue weighted by molar-refractivity contribution is -0.133. The van der Waals surface area contributed by atoms with Crippen LogP contribution < -0.4 is 26.8 Å². The molecule has 2 amide bonds. The molecular weight excluding hydrogens is 516 g/mol. The van der Waals surface area contributed by atoms with Gasteiger partial charge in [0.2, 0.25) is 5.91 Å². The monoisotopic (exact) mass is 556 g/mol. The molecule has 1 aliphatic heterocycles. The van der Waals surface area contributed by atoms with Crippen molar-refractivity contribution in [2.24, 2.45) is 16.5 Å². The van der Waals surface area contributed by atoms with Crippen LogP contribution >= 0.6 is 0 Å². The summed E-state index contributed by atoms with van der Waals surface area (Å²) in [7, 11) is 0. The number of nitrogens with one attached hydrogen (secondary N) is 2. The van der Waals surface area contributed by atoms with Crippen LogP contribution in [0, 0.1) is 0 Å². The number of ether oxygens (including phenoxy) is 1. The molecule has 1 saturated heterocycles. The molecule has 1 heterocycles. The Labute approximate surface area is 242 Å². The minimum absolute atomic E-state index is 0.00320. The fourth-order valence-corrected chi connectivity index (χ4v) is 5.19. The first kappa shape index (κ1) is 29.6. The predicted octanol–water partition coefficient (Wildman–Crippen LogP) is 2.62. The zero-order chi connectivity index (χ0) is 29.0. The predicted molar refractivity (Wildman–Crippen MR) is 161 cm³/mol. The number of nitrogens with two attached hydrogens (primary N) is 2. The number of amides is 2. The maximum Gasteiger partial charge on any atom is 0.257 e. The summed E-state index contributed by atoms with van der Waals surface area (Å²) in [6.07, 6.45) is 1.22. The molecule has 1 fully saturated rings. The smallest absolute Gasteiger partial charge is 0.257 e. The number of benzene rings is 3. The summed E-state index contributed by atoms with van der Waals surface area (Å²) in [6.45, 7) is 3.24. The second kappa shape index (κ2) is 14.9. The summed E-state index contributed by atoms with van der Waals surface area (Å²) >= 11 is 0. The van der Waals surface area contributed by atoms with Gasteiger partial charge in [-0.3, -0.25) is 14.9 Å². The average molecular weight is 557 g/mol. The van der Waals surface area contributed by atoms with Crippen LogP contribution in [-0.2, 0) is 9.59 Å². The van der Waals surface area contributed by atoms with Crippen molar-refractivity contribution in [2.45, 2.75) is 43.8 Å². The standard InChI is InChI=1S/C32H40N6O3/c1-2-28(37-32(33)34)30-31(40)38(21-27(23-12-6-3-7-13-23)24-14-8-4-9-15-24)19-18-25(36-30)20-35-29(39)22-41-26-16-10-5-11-17-26/h3-17,25,27-28,30,36H,2,18-22H2,1H3,(H,35,39)(H4,33,34,37)/t25-,28?,30-/m0/s1. The van der Waals surface area contributed by atoms with Crippen LogP contribution in [0.25, 0.3) is 0 Å². The highest BCUT2D eigenvalue weighted by atomic mass is 16.5. The lowest BCUT2D eigenvalue weighted by Crippen LogP contribution is -2.54. The van der Waals surface area contributed by atoms with Crippen LogP contribution in [0.4, 0.5) is 0 Å². The Hall–Kier alpha value is -4.37. The number of para-hydroxylation sites is 1. The van der Waals surface area contributed by atoms with Gasteiger partial charge in [0.25, 0.3) is 5.91 Å². The van der Waals surface area contributed by atoms with E-state index in [4.69, 9.17) is 16.2 Å². The number of hydrogen-bond acceptors (Lipinski definition) is 5. The van der Waals surface area contributed by atoms with E-state index < -0.39 is 12.1 Å². The highest BCUT2D eigenvalue weighted by molar-refractivity contribution is 5.84. The fourth-order valence-electron chi connectivity index (χ4n) is 5.19. The summed E-state index contributed by atoms with van der Waals surface area (Å²) in [4.78, 5) is 32.9. The van der Waals surface area contributed by atoms with E-state index in [9.17, 15) is 9.59 Å². The number of carbonyl (C=O) groups is 2. The summed E-state index contributed by atoms with van der Waals surface area (Å²) in [5.41, 5.74) is 13.8. The first-order chi connectivity index (χ1) is 19.9. The van der Waals surface area contributed by atoms with E-state index >= 15 is 0 Å². The largest absolute Gasteiger partial charge is 0.484 e. The summed E-state index contributed by atoms with van der Waals surface area (Å²) in [5.74, 6) is 0.281. The fraction of sp³-hybridized carbons (Fsp3) is 0.344. The first-order valence-electron chi connectivity index (χ1n) is 14.1. The molecule has 6 N–H and O–H groups in total. The van der Waals surface area contributed by atoms with E-state index in [0.717, 1.165) is 11.1 Å². The van der Waals surface area contributed by atoms with Crippen molar-refractivity contribution in [1.82, 2.24) is 15.5 Å². The lowest BCUT2D eigenvalue weighted by atomic mass is 9.90. The average Bonchev–Trinajstić information content (AvgIpc) is 3.16. The molecule has 0 bridgehead atoms. The van der Waals surface area contributed by atoms with E-state index in [1.807, 2.05) is 66.4 Å². The van der Waals surface area contributed by atoms with Crippen molar-refractivity contribution < 1.29 is 14.3 Å². The Morgan fingerprint density at radius 3 is 2.15 bits per heavy atom. The number of carbonyl (C=O) groups excluding carboxylic acids is 2. The Morgan fingerprint density at radius 2 is 1.59 bits per heavy atom. The van der Waals surface area contributed by atoms with Gasteiger partial charge < -0.3 is 26.4 Å². The van der Waals surface area contributed by atoms with Crippen molar-refractivity contribution in [3.05, 3.63) is 102 Å². The summed E-state index contributed by atoms with van der Waals surface area (Å²) in [6, 6.07) is 28.4. The number of guanidine groups is 1. The topological polar surface area (TPSA) is 135 Å². The molecule has 0 aromatic heterocycles. The molecule has 0 aliphatic carbocycles. The molecule has 0 spiro atoms. The third-order valence-corrected chi connectivity index (χ3v) is 7.32. The molecule has 0 radical (unpaired) electrons. The zero-order valence-corrected chi connectivity index (χ0v) is 23.5. The Balaban J connectivity index is 1.51. The normalized spacial score (nSPS) is 17.9. The van der Waals surface area contributed by atoms with Gasteiger partial charge in [0.1, 0.15) is 11.8 Å². The second-order valence-electron chi connectivity index (χ2n) is 10.2. The van der Waals surface area contributed by atoms with Crippen molar-refractivity contribution in [2.75, 3.05) is 26.2 Å². The van der Waals surface area contributed by atoms with Gasteiger partial charge in [-0.05, 0) is 36.1 Å². The third-order valence-electron chi connectivity index (χ3n) is 7.32. The zero-order valence-electron chi connectivity index (χ0n) is 23.5. The molecule has 9 nitrogen and oxygen atoms in total. The van der Waals surface area contributed by atoms with Crippen LogP contribution in [0.1, 0.15) is 36.8 Å². The van der Waals surface area contributed by atoms with Gasteiger partial charge >= 0.3 is 0 Å². The summed E-state index contributed by atoms with van der Waals surface area (Å²) < 4.78 is 5.57. The molecular formula is C32H40N6O3. The molecule has 1 aliphatic rings. The van der Waals surface area contributed by atoms with Gasteiger partial charge in [-0.1, -0.05) is 85.8 Å². The highest BCUT2D eigenvalue weighted by Gasteiger charge is 2.37. The number of hydrogen-bond donors (Lipinski definition) is 4. The summed E-state index contributed by atoms with van der Waals surface area (Å²) in [5, 5.41) is 6.42. The van der Waals surface area contributed by atoms with Crippen molar-refractivity contribution in [3.63, 3.8) is 0 Å². The molecule has 3 aromatic carbocycles. The molecule has 0 saturated carbocycles. The second-order valence-corrected chi connectivity index (χ2v) is 10.2. The van der Waals surface area contributed by atoms with Gasteiger partial charge in [0, 0.05) is 31.6 Å². The van der Waals surface area contributed by atoms with E-state index in [-0.39, 0.29) is 36.3 Å².